The molecule has 0 amide bonds. The molecule has 0 saturated carbocycles. The van der Waals surface area contributed by atoms with Crippen LogP contribution in [0.1, 0.15) is 17.5 Å². The summed E-state index contributed by atoms with van der Waals surface area (Å²) in [5.74, 6) is 1.59. The van der Waals surface area contributed by atoms with Crippen molar-refractivity contribution in [2.24, 2.45) is 4.99 Å². The molecule has 0 bridgehead atoms. The van der Waals surface area contributed by atoms with E-state index in [0.717, 1.165) is 43.2 Å². The third-order valence-electron chi connectivity index (χ3n) is 4.80. The van der Waals surface area contributed by atoms with Crippen molar-refractivity contribution in [2.45, 2.75) is 19.8 Å². The quantitative estimate of drug-likeness (QED) is 0.397. The molecule has 0 radical (unpaired) electrons. The zero-order chi connectivity index (χ0) is 18.4. The van der Waals surface area contributed by atoms with Gasteiger partial charge < -0.3 is 39.6 Å². The fraction of sp³-hybridized carbons (Fsp3) is 0.381. The monoisotopic (exact) mass is 425 g/mol. The maximum atomic E-state index is 5.37. The number of hydrogen-bond acceptors (Lipinski definition) is 3. The van der Waals surface area contributed by atoms with Crippen LogP contribution in [0.3, 0.4) is 0 Å². The van der Waals surface area contributed by atoms with E-state index < -0.39 is 0 Å². The normalized spacial score (nSPS) is 14.0. The summed E-state index contributed by atoms with van der Waals surface area (Å²) < 4.78 is 10.6. The second-order valence-electron chi connectivity index (χ2n) is 6.71. The second-order valence-corrected chi connectivity index (χ2v) is 6.71. The van der Waals surface area contributed by atoms with Crippen molar-refractivity contribution in [3.05, 3.63) is 47.5 Å². The summed E-state index contributed by atoms with van der Waals surface area (Å²) >= 11 is 0. The van der Waals surface area contributed by atoms with E-state index in [4.69, 9.17) is 9.47 Å². The number of nitrogens with zero attached hydrogens (tertiary/aromatic N) is 1. The molecule has 1 atom stereocenters. The first-order valence-corrected chi connectivity index (χ1v) is 9.24. The third-order valence-corrected chi connectivity index (χ3v) is 4.80. The van der Waals surface area contributed by atoms with Crippen LogP contribution in [0.25, 0.3) is 0 Å². The van der Waals surface area contributed by atoms with E-state index in [0.29, 0.717) is 0 Å². The number of nitrogens with one attached hydrogen (secondary N) is 1. The molecule has 0 aromatic heterocycles. The fourth-order valence-corrected chi connectivity index (χ4v) is 3.32. The SMILES string of the molecule is COc1ccc(CC[NH2+]CCC[NH+]2C=Nc3ccc(C)cc32)cc1OC.[Cl-].[Cl-]. The molecule has 3 N–H and O–H groups in total. The zero-order valence-electron chi connectivity index (χ0n) is 16.7. The number of aliphatic imine (C=N–C) groups is 1. The minimum Gasteiger partial charge on any atom is -1.00 e. The van der Waals surface area contributed by atoms with Crippen LogP contribution in [-0.2, 0) is 6.42 Å². The summed E-state index contributed by atoms with van der Waals surface area (Å²) in [4.78, 5) is 5.88. The zero-order valence-corrected chi connectivity index (χ0v) is 18.2. The van der Waals surface area contributed by atoms with Crippen molar-refractivity contribution < 1.29 is 44.5 Å². The smallest absolute Gasteiger partial charge is 0.194 e. The molecule has 7 heteroatoms. The highest BCUT2D eigenvalue weighted by Crippen LogP contribution is 2.27. The van der Waals surface area contributed by atoms with Gasteiger partial charge in [-0.1, -0.05) is 12.1 Å². The number of fused-ring (bicyclic) bond motifs is 1. The van der Waals surface area contributed by atoms with Gasteiger partial charge in [0, 0.05) is 18.9 Å². The Morgan fingerprint density at radius 1 is 0.964 bits per heavy atom. The molecular weight excluding hydrogens is 397 g/mol. The average Bonchev–Trinajstić information content (AvgIpc) is 3.06. The van der Waals surface area contributed by atoms with Gasteiger partial charge in [-0.15, -0.1) is 0 Å². The predicted molar refractivity (Wildman–Crippen MR) is 104 cm³/mol. The van der Waals surface area contributed by atoms with Gasteiger partial charge in [0.1, 0.15) is 5.69 Å². The number of methoxy groups -OCH3 is 2. The lowest BCUT2D eigenvalue weighted by atomic mass is 10.1. The molecule has 0 fully saturated rings. The van der Waals surface area contributed by atoms with Gasteiger partial charge >= 0.3 is 0 Å². The highest BCUT2D eigenvalue weighted by Gasteiger charge is 2.20. The average molecular weight is 426 g/mol. The van der Waals surface area contributed by atoms with Crippen LogP contribution in [0, 0.1) is 6.92 Å². The molecule has 0 spiro atoms. The van der Waals surface area contributed by atoms with Crippen molar-refractivity contribution in [1.29, 1.82) is 0 Å². The molecule has 1 aliphatic heterocycles. The second kappa shape index (κ2) is 11.9. The molecule has 1 heterocycles. The number of nitrogens with two attached hydrogens (primary N) is 1. The number of rotatable bonds is 9. The van der Waals surface area contributed by atoms with Crippen molar-refractivity contribution in [3.63, 3.8) is 0 Å². The number of ether oxygens (including phenoxy) is 2. The van der Waals surface area contributed by atoms with E-state index in [2.05, 4.69) is 47.6 Å². The van der Waals surface area contributed by atoms with Gasteiger partial charge in [0.05, 0.1) is 33.9 Å². The molecule has 2 aromatic carbocycles. The molecule has 154 valence electrons. The van der Waals surface area contributed by atoms with E-state index in [-0.39, 0.29) is 24.8 Å². The van der Waals surface area contributed by atoms with Crippen molar-refractivity contribution >= 4 is 17.7 Å². The molecule has 0 saturated heterocycles. The molecule has 28 heavy (non-hydrogen) atoms. The lowest BCUT2D eigenvalue weighted by molar-refractivity contribution is -0.728. The maximum Gasteiger partial charge on any atom is 0.194 e. The topological polar surface area (TPSA) is 51.9 Å². The van der Waals surface area contributed by atoms with E-state index in [1.807, 2.05) is 12.4 Å². The lowest BCUT2D eigenvalue weighted by Gasteiger charge is -2.11. The molecule has 5 nitrogen and oxygen atoms in total. The van der Waals surface area contributed by atoms with Gasteiger partial charge in [-0.05, 0) is 36.2 Å². The number of halogens is 2. The van der Waals surface area contributed by atoms with Gasteiger partial charge in [-0.25, -0.2) is 0 Å². The first kappa shape index (κ1) is 24.2. The minimum absolute atomic E-state index is 0. The maximum absolute atomic E-state index is 5.37. The van der Waals surface area contributed by atoms with Crippen LogP contribution < -0.4 is 44.5 Å². The van der Waals surface area contributed by atoms with Gasteiger partial charge in [0.15, 0.2) is 23.5 Å². The highest BCUT2D eigenvalue weighted by molar-refractivity contribution is 5.72. The molecule has 1 unspecified atom stereocenters. The van der Waals surface area contributed by atoms with Crippen molar-refractivity contribution in [3.8, 4) is 11.5 Å². The summed E-state index contributed by atoms with van der Waals surface area (Å²) in [6, 6.07) is 12.6. The van der Waals surface area contributed by atoms with Crippen LogP contribution >= 0.6 is 0 Å². The largest absolute Gasteiger partial charge is 1.00 e. The Morgan fingerprint density at radius 2 is 1.75 bits per heavy atom. The summed E-state index contributed by atoms with van der Waals surface area (Å²) in [6.07, 6.45) is 4.23. The Labute approximate surface area is 180 Å². The Hall–Kier alpha value is -1.79. The lowest BCUT2D eigenvalue weighted by Crippen LogP contribution is -3.05. The molecule has 3 rings (SSSR count). The van der Waals surface area contributed by atoms with Crippen LogP contribution in [0.5, 0.6) is 11.5 Å². The Morgan fingerprint density at radius 3 is 2.50 bits per heavy atom. The minimum atomic E-state index is 0. The fourth-order valence-electron chi connectivity index (χ4n) is 3.32. The van der Waals surface area contributed by atoms with E-state index in [1.165, 1.54) is 28.1 Å². The van der Waals surface area contributed by atoms with Gasteiger partial charge in [0.2, 0.25) is 0 Å². The molecule has 0 aliphatic carbocycles. The van der Waals surface area contributed by atoms with Crippen LogP contribution in [0.2, 0.25) is 0 Å². The first-order chi connectivity index (χ1) is 12.7. The Bertz CT molecular complexity index is 784. The summed E-state index contributed by atoms with van der Waals surface area (Å²) in [7, 11) is 3.34. The molecule has 2 aromatic rings. The first-order valence-electron chi connectivity index (χ1n) is 9.24. The van der Waals surface area contributed by atoms with E-state index >= 15 is 0 Å². The number of aryl methyl sites for hydroxylation is 1. The standard InChI is InChI=1S/C21H27N3O2.2ClH/c1-16-5-7-18-19(13-16)24(15-23-18)12-4-10-22-11-9-17-6-8-20(25-2)21(14-17)26-3;;/h5-8,13-15,22H,4,9-12H2,1-3H3;2*1H. The van der Waals surface area contributed by atoms with Gasteiger partial charge in [-0.3, -0.25) is 4.90 Å². The predicted octanol–water partition coefficient (Wildman–Crippen LogP) is -4.59. The third kappa shape index (κ3) is 6.11. The van der Waals surface area contributed by atoms with Crippen molar-refractivity contribution in [1.82, 2.24) is 0 Å². The van der Waals surface area contributed by atoms with Gasteiger partial charge in [0.25, 0.3) is 0 Å². The summed E-state index contributed by atoms with van der Waals surface area (Å²) in [6.45, 7) is 5.44. The Kier molecular flexibility index (Phi) is 10.3. The number of hydrogen-bond donors (Lipinski definition) is 2. The molecular formula is C21H29Cl2N3O2. The number of quaternary nitrogens is 2. The summed E-state index contributed by atoms with van der Waals surface area (Å²) in [5.41, 5.74) is 5.01. The van der Waals surface area contributed by atoms with Crippen LogP contribution in [0.4, 0.5) is 11.4 Å². The summed E-state index contributed by atoms with van der Waals surface area (Å²) in [5, 5.41) is 2.39. The van der Waals surface area contributed by atoms with Gasteiger partial charge in [-0.2, -0.15) is 4.99 Å². The van der Waals surface area contributed by atoms with Crippen molar-refractivity contribution in [2.75, 3.05) is 33.9 Å². The van der Waals surface area contributed by atoms with Crippen LogP contribution in [-0.4, -0.2) is 40.2 Å². The number of benzene rings is 2. The highest BCUT2D eigenvalue weighted by atomic mass is 35.5. The molecule has 1 aliphatic rings. The van der Waals surface area contributed by atoms with E-state index in [9.17, 15) is 0 Å². The van der Waals surface area contributed by atoms with Crippen LogP contribution in [0.15, 0.2) is 41.4 Å². The Balaban J connectivity index is 0.00000196. The van der Waals surface area contributed by atoms with E-state index in [1.54, 1.807) is 14.2 Å².